The maximum Gasteiger partial charge on any atom is 0.328 e. The van der Waals surface area contributed by atoms with Gasteiger partial charge in [0.1, 0.15) is 24.2 Å². The first-order valence-electron chi connectivity index (χ1n) is 18.0. The molecular weight excluding hydrogens is 652 g/mol. The Hall–Kier alpha value is -4.78. The van der Waals surface area contributed by atoms with Gasteiger partial charge >= 0.3 is 5.97 Å². The highest BCUT2D eigenvalue weighted by Crippen LogP contribution is 2.21. The van der Waals surface area contributed by atoms with Gasteiger partial charge in [-0.25, -0.2) is 4.79 Å². The van der Waals surface area contributed by atoms with E-state index in [0.717, 1.165) is 30.4 Å². The van der Waals surface area contributed by atoms with Crippen LogP contribution in [0.3, 0.4) is 0 Å². The summed E-state index contributed by atoms with van der Waals surface area (Å²) in [5.41, 5.74) is 9.32. The standard InChI is InChI=1S/C38H54N6O7/c1-4-5-10-26-13-15-27(16-14-26)28-17-19-29(20-18-28)35(47)42-30(11-6-8-23-39)37(49)43-31-21-22-33(45)40-24-9-7-12-32(38(50)51-3)44-34(46)25(2)41-36(31)48/h13-20,25,30-32H,4-12,21-24,39H2,1-3H3,(H,40,45)(H,41,48)(H,42,47)(H,43,49)(H,44,46). The molecule has 1 aliphatic heterocycles. The Morgan fingerprint density at radius 3 is 2.24 bits per heavy atom. The summed E-state index contributed by atoms with van der Waals surface area (Å²) in [7, 11) is 1.22. The molecule has 4 unspecified atom stereocenters. The summed E-state index contributed by atoms with van der Waals surface area (Å²) in [6, 6.07) is 11.3. The SMILES string of the molecule is CCCCc1ccc(-c2ccc(C(=O)NC(CCCCN)C(=O)NC3CCC(=O)NCCCCC(C(=O)OC)NC(=O)C(C)NC3=O)cc2)cc1. The normalized spacial score (nSPS) is 19.6. The molecule has 1 heterocycles. The molecule has 51 heavy (non-hydrogen) atoms. The lowest BCUT2D eigenvalue weighted by Crippen LogP contribution is -2.57. The monoisotopic (exact) mass is 706 g/mol. The number of aryl methyl sites for hydroxylation is 1. The van der Waals surface area contributed by atoms with Crippen LogP contribution in [-0.4, -0.2) is 79.9 Å². The van der Waals surface area contributed by atoms with Crippen molar-refractivity contribution in [3.8, 4) is 11.1 Å². The number of hydrogen-bond donors (Lipinski definition) is 6. The summed E-state index contributed by atoms with van der Waals surface area (Å²) in [6.45, 7) is 4.36. The number of amides is 5. The number of carbonyl (C=O) groups is 6. The van der Waals surface area contributed by atoms with Gasteiger partial charge in [-0.3, -0.25) is 24.0 Å². The predicted octanol–water partition coefficient (Wildman–Crippen LogP) is 2.65. The molecule has 0 saturated carbocycles. The van der Waals surface area contributed by atoms with Crippen LogP contribution < -0.4 is 32.3 Å². The highest BCUT2D eigenvalue weighted by atomic mass is 16.5. The van der Waals surface area contributed by atoms with Crippen LogP contribution in [0.4, 0.5) is 0 Å². The first-order valence-corrected chi connectivity index (χ1v) is 18.0. The van der Waals surface area contributed by atoms with Gasteiger partial charge in [0.2, 0.25) is 23.6 Å². The lowest BCUT2D eigenvalue weighted by Gasteiger charge is -2.25. The zero-order valence-corrected chi connectivity index (χ0v) is 30.1. The van der Waals surface area contributed by atoms with Crippen LogP contribution in [0.1, 0.15) is 94.0 Å². The summed E-state index contributed by atoms with van der Waals surface area (Å²) in [4.78, 5) is 78.3. The van der Waals surface area contributed by atoms with E-state index in [-0.39, 0.29) is 25.2 Å². The molecule has 5 amide bonds. The zero-order valence-electron chi connectivity index (χ0n) is 30.1. The molecule has 1 saturated heterocycles. The molecule has 0 radical (unpaired) electrons. The van der Waals surface area contributed by atoms with E-state index in [4.69, 9.17) is 10.5 Å². The Kier molecular flexibility index (Phi) is 17.1. The second kappa shape index (κ2) is 21.4. The lowest BCUT2D eigenvalue weighted by atomic mass is 10.0. The second-order valence-corrected chi connectivity index (χ2v) is 12.9. The fourth-order valence-corrected chi connectivity index (χ4v) is 5.74. The molecule has 0 spiro atoms. The van der Waals surface area contributed by atoms with E-state index in [0.29, 0.717) is 50.8 Å². The van der Waals surface area contributed by atoms with E-state index in [1.807, 2.05) is 12.1 Å². The summed E-state index contributed by atoms with van der Waals surface area (Å²) in [5, 5.41) is 13.5. The van der Waals surface area contributed by atoms with Gasteiger partial charge in [0.05, 0.1) is 7.11 Å². The quantitative estimate of drug-likeness (QED) is 0.135. The minimum absolute atomic E-state index is 0.0486. The highest BCUT2D eigenvalue weighted by Gasteiger charge is 2.30. The van der Waals surface area contributed by atoms with Crippen molar-refractivity contribution in [2.75, 3.05) is 20.2 Å². The molecule has 13 heteroatoms. The summed E-state index contributed by atoms with van der Waals surface area (Å²) in [5.74, 6) is -3.29. The summed E-state index contributed by atoms with van der Waals surface area (Å²) in [6.07, 6.45) is 6.00. The third kappa shape index (κ3) is 13.5. The van der Waals surface area contributed by atoms with Gasteiger partial charge in [0.25, 0.3) is 5.91 Å². The van der Waals surface area contributed by atoms with Gasteiger partial charge < -0.3 is 37.1 Å². The van der Waals surface area contributed by atoms with Gasteiger partial charge in [-0.1, -0.05) is 49.7 Å². The number of nitrogens with two attached hydrogens (primary N) is 1. The van der Waals surface area contributed by atoms with Gasteiger partial charge in [-0.05, 0) is 100 Å². The van der Waals surface area contributed by atoms with Gasteiger partial charge in [-0.2, -0.15) is 0 Å². The number of carbonyl (C=O) groups excluding carboxylic acids is 6. The molecule has 13 nitrogen and oxygen atoms in total. The number of esters is 1. The molecule has 0 bridgehead atoms. The van der Waals surface area contributed by atoms with Crippen LogP contribution in [0.2, 0.25) is 0 Å². The van der Waals surface area contributed by atoms with Crippen LogP contribution in [-0.2, 0) is 35.1 Å². The Morgan fingerprint density at radius 2 is 1.59 bits per heavy atom. The molecule has 0 aromatic heterocycles. The molecule has 1 aliphatic rings. The van der Waals surface area contributed by atoms with Crippen molar-refractivity contribution >= 4 is 35.5 Å². The van der Waals surface area contributed by atoms with Crippen LogP contribution >= 0.6 is 0 Å². The van der Waals surface area contributed by atoms with Crippen LogP contribution in [0.15, 0.2) is 48.5 Å². The average molecular weight is 707 g/mol. The third-order valence-corrected chi connectivity index (χ3v) is 8.91. The van der Waals surface area contributed by atoms with Crippen molar-refractivity contribution < 1.29 is 33.5 Å². The minimum Gasteiger partial charge on any atom is -0.467 e. The highest BCUT2D eigenvalue weighted by molar-refractivity contribution is 5.99. The Balaban J connectivity index is 1.74. The van der Waals surface area contributed by atoms with Crippen LogP contribution in [0.25, 0.3) is 11.1 Å². The molecule has 2 aromatic rings. The molecule has 278 valence electrons. The Labute approximate surface area is 300 Å². The van der Waals surface area contributed by atoms with Gasteiger partial charge in [0.15, 0.2) is 0 Å². The molecule has 1 fully saturated rings. The smallest absolute Gasteiger partial charge is 0.328 e. The van der Waals surface area contributed by atoms with Crippen LogP contribution in [0, 0.1) is 0 Å². The molecular formula is C38H54N6O7. The molecule has 4 atom stereocenters. The molecule has 2 aromatic carbocycles. The number of benzene rings is 2. The minimum atomic E-state index is -1.19. The fourth-order valence-electron chi connectivity index (χ4n) is 5.74. The maximum absolute atomic E-state index is 13.7. The number of hydrogen-bond acceptors (Lipinski definition) is 8. The average Bonchev–Trinajstić information content (AvgIpc) is 3.14. The summed E-state index contributed by atoms with van der Waals surface area (Å²) < 4.78 is 4.82. The largest absolute Gasteiger partial charge is 0.467 e. The van der Waals surface area contributed by atoms with Gasteiger partial charge in [0, 0.05) is 18.5 Å². The van der Waals surface area contributed by atoms with E-state index in [9.17, 15) is 28.8 Å². The molecule has 0 aliphatic carbocycles. The lowest BCUT2D eigenvalue weighted by molar-refractivity contribution is -0.145. The zero-order chi connectivity index (χ0) is 37.2. The topological polar surface area (TPSA) is 198 Å². The van der Waals surface area contributed by atoms with Crippen LogP contribution in [0.5, 0.6) is 0 Å². The number of nitrogens with one attached hydrogen (secondary N) is 5. The van der Waals surface area contributed by atoms with Crippen molar-refractivity contribution in [1.82, 2.24) is 26.6 Å². The third-order valence-electron chi connectivity index (χ3n) is 8.91. The van der Waals surface area contributed by atoms with E-state index in [2.05, 4.69) is 57.8 Å². The number of unbranched alkanes of at least 4 members (excludes halogenated alkanes) is 2. The molecule has 7 N–H and O–H groups in total. The predicted molar refractivity (Wildman–Crippen MR) is 194 cm³/mol. The van der Waals surface area contributed by atoms with E-state index >= 15 is 0 Å². The van der Waals surface area contributed by atoms with Crippen molar-refractivity contribution in [1.29, 1.82) is 0 Å². The van der Waals surface area contributed by atoms with E-state index in [1.165, 1.54) is 19.6 Å². The fraction of sp³-hybridized carbons (Fsp3) is 0.526. The van der Waals surface area contributed by atoms with Crippen molar-refractivity contribution in [2.24, 2.45) is 5.73 Å². The van der Waals surface area contributed by atoms with Crippen molar-refractivity contribution in [2.45, 2.75) is 109 Å². The van der Waals surface area contributed by atoms with E-state index in [1.54, 1.807) is 12.1 Å². The number of methoxy groups -OCH3 is 1. The van der Waals surface area contributed by atoms with Gasteiger partial charge in [-0.15, -0.1) is 0 Å². The first kappa shape index (κ1) is 40.6. The first-order chi connectivity index (χ1) is 24.6. The number of rotatable bonds is 13. The van der Waals surface area contributed by atoms with Crippen molar-refractivity contribution in [3.05, 3.63) is 59.7 Å². The summed E-state index contributed by atoms with van der Waals surface area (Å²) >= 11 is 0. The Bertz CT molecular complexity index is 1460. The number of ether oxygens (including phenoxy) is 1. The molecule has 3 rings (SSSR count). The Morgan fingerprint density at radius 1 is 0.902 bits per heavy atom. The van der Waals surface area contributed by atoms with E-state index < -0.39 is 53.8 Å². The van der Waals surface area contributed by atoms with Crippen molar-refractivity contribution in [3.63, 3.8) is 0 Å². The maximum atomic E-state index is 13.7. The second-order valence-electron chi connectivity index (χ2n) is 12.9.